The molecule has 1 aliphatic carbocycles. The Morgan fingerprint density at radius 3 is 2.17 bits per heavy atom. The Balaban J connectivity index is 0.00000251. The van der Waals surface area contributed by atoms with Crippen LogP contribution >= 0.6 is 45.1 Å². The minimum absolute atomic E-state index is 0.0109. The monoisotopic (exact) mass is 1550 g/mol. The van der Waals surface area contributed by atoms with E-state index in [4.69, 9.17) is 95.0 Å². The second-order valence-electron chi connectivity index (χ2n) is 20.3. The van der Waals surface area contributed by atoms with Crippen LogP contribution in [0, 0.1) is 11.8 Å². The molecule has 0 radical (unpaired) electrons. The molecular weight excluding hydrogens is 1480 g/mol. The highest BCUT2D eigenvalue weighted by atomic mass is 33.1. The summed E-state index contributed by atoms with van der Waals surface area (Å²) < 4.78 is 143. The Morgan fingerprint density at radius 2 is 1.50 bits per heavy atom. The van der Waals surface area contributed by atoms with Crippen LogP contribution in [0.3, 0.4) is 0 Å². The van der Waals surface area contributed by atoms with Gasteiger partial charge in [0, 0.05) is 81.9 Å². The fraction of sp³-hybridized carbons (Fsp3) is 0.442. The molecule has 0 saturated carbocycles. The number of carbonyl (C=O) groups excluding carboxylic acids is 3. The van der Waals surface area contributed by atoms with Gasteiger partial charge in [0.25, 0.3) is 5.91 Å². The molecule has 48 heteroatoms. The molecule has 2 aromatic carbocycles. The number of aromatic nitrogens is 2. The maximum atomic E-state index is 13.3. The van der Waals surface area contributed by atoms with Gasteiger partial charge < -0.3 is 89.7 Å². The van der Waals surface area contributed by atoms with Gasteiger partial charge in [-0.25, -0.2) is 32.9 Å². The first-order valence-electron chi connectivity index (χ1n) is 28.4. The Morgan fingerprint density at radius 1 is 0.840 bits per heavy atom. The van der Waals surface area contributed by atoms with Crippen LogP contribution in [0.15, 0.2) is 75.1 Å². The quantitative estimate of drug-likeness (QED) is 0.00261. The standard InChI is InChI=1S/C52H66N11O24P3S2.2O3S/c1-52(2,13-19-81-51(69)59-16-21-78-23-22-77-20-15-57-47(64)32-7-10-36(48(65)66)39(24-32)45-37-11-8-34(53)25-40(37)84-41-26-35(54)9-12-38(41)45)92-91-31-79-17-3-4-18-80-50(68)58-14-5-6-33-28-63(49(67)61-46(33)55)44-27-42(82-30-60-62-56)43(85-44)29-83-89(73,74)87-90(75,76)86-88(70,71)72;2*1-4(2)3/h7-12,24-26,28,42-44,53H,3-4,13-23,27,29-31,54H2,1-2H3,(H,57,64)(H,58,68)(H,59,69)(H,65,66)(H,73,74)(H,75,76)(H2,55,61,67)(H2,70,71,72);;/p+1/t42?,43-,44-;;/m1../s1. The maximum Gasteiger partial charge on any atom is 0.490 e. The number of carbonyl (C=O) groups is 4. The van der Waals surface area contributed by atoms with Crippen molar-refractivity contribution in [3.8, 4) is 34.3 Å². The molecule has 3 unspecified atom stereocenters. The number of phosphoric ester groups is 1. The Bertz CT molecular complexity index is 4230. The number of benzene rings is 3. The number of azide groups is 1. The number of carboxylic acids is 1. The van der Waals surface area contributed by atoms with Gasteiger partial charge >= 0.3 is 68.5 Å². The smallest absolute Gasteiger partial charge is 0.478 e. The second-order valence-corrected chi connectivity index (χ2v) is 28.5. The van der Waals surface area contributed by atoms with Crippen LogP contribution in [0.25, 0.3) is 43.9 Å². The number of unbranched alkanes of at least 4 members (excludes halogenated alkanes) is 1. The third-order valence-corrected chi connectivity index (χ3v) is 19.3. The van der Waals surface area contributed by atoms with Crippen molar-refractivity contribution in [2.24, 2.45) is 5.11 Å². The van der Waals surface area contributed by atoms with Crippen LogP contribution in [0.5, 0.6) is 0 Å². The normalized spacial score (nSPS) is 15.3. The Labute approximate surface area is 577 Å². The number of nitrogen functional groups attached to an aromatic ring is 2. The van der Waals surface area contributed by atoms with Gasteiger partial charge in [-0.05, 0) is 80.6 Å². The van der Waals surface area contributed by atoms with Crippen LogP contribution in [0.2, 0.25) is 0 Å². The molecule has 3 amide bonds. The lowest BCUT2D eigenvalue weighted by atomic mass is 9.89. The molecule has 6 rings (SSSR count). The minimum atomic E-state index is -5.83. The van der Waals surface area contributed by atoms with Crippen LogP contribution in [-0.2, 0) is 81.2 Å². The molecule has 2 aliphatic heterocycles. The fourth-order valence-electron chi connectivity index (χ4n) is 8.32. The van der Waals surface area contributed by atoms with Crippen molar-refractivity contribution in [2.75, 3.05) is 96.6 Å². The lowest BCUT2D eigenvalue weighted by molar-refractivity contribution is -0.172. The minimum Gasteiger partial charge on any atom is -0.478 e. The van der Waals surface area contributed by atoms with Crippen molar-refractivity contribution in [1.29, 1.82) is 0 Å². The summed E-state index contributed by atoms with van der Waals surface area (Å²) in [6.45, 7) is 4.10. The average molecular weight is 1550 g/mol. The average Bonchev–Trinajstić information content (AvgIpc) is 0.905. The van der Waals surface area contributed by atoms with Crippen molar-refractivity contribution >= 4 is 113 Å². The maximum absolute atomic E-state index is 13.3. The van der Waals surface area contributed by atoms with Gasteiger partial charge in [0.15, 0.2) is 5.36 Å². The summed E-state index contributed by atoms with van der Waals surface area (Å²) in [5.41, 5.74) is 22.2. The zero-order chi connectivity index (χ0) is 74.2. The molecular formula is C52H67N11O30P3S4+. The molecule has 0 bridgehead atoms. The topological polar surface area (TPSA) is 626 Å². The number of ether oxygens (including phenoxy) is 7. The van der Waals surface area contributed by atoms with Crippen molar-refractivity contribution in [3.05, 3.63) is 104 Å². The van der Waals surface area contributed by atoms with Crippen molar-refractivity contribution < 1.29 is 139 Å². The van der Waals surface area contributed by atoms with E-state index >= 15 is 0 Å². The fourth-order valence-corrected chi connectivity index (χ4v) is 13.6. The van der Waals surface area contributed by atoms with Gasteiger partial charge in [0.1, 0.15) is 42.2 Å². The number of nitrogens with two attached hydrogens (primary N) is 3. The SMILES string of the molecule is CC(C)(CCOC(=O)NCCOCCOCCNC(=O)c1ccc(C(=O)O)c(-c2c3ccc(=[NH2+])cc-3oc3cc(N)ccc23)c1)SSCOCCCCOC(=O)NCC#Cc1cn([C@H]2CC(OCN=[N+]=[N-])[C@@H](COP(=O)(O)OP(=O)(O)OP(=O)(O)O)O2)c(=O)nc1N.O=S(=O)=O.O=S(=O)=O. The molecule has 3 heterocycles. The number of nitrogens with zero attached hydrogens (tertiary/aromatic N) is 5. The van der Waals surface area contributed by atoms with Gasteiger partial charge in [-0.15, -0.1) is 25.3 Å². The third kappa shape index (κ3) is 31.8. The summed E-state index contributed by atoms with van der Waals surface area (Å²) in [6, 6.07) is 14.5. The molecule has 100 heavy (non-hydrogen) atoms. The van der Waals surface area contributed by atoms with Gasteiger partial charge in [-0.3, -0.25) is 19.3 Å². The van der Waals surface area contributed by atoms with Gasteiger partial charge in [-0.2, -0.15) is 13.6 Å². The number of rotatable bonds is 36. The number of phosphoric acid groups is 3. The van der Waals surface area contributed by atoms with Gasteiger partial charge in [-0.1, -0.05) is 38.5 Å². The molecule has 5 atom stereocenters. The predicted octanol–water partition coefficient (Wildman–Crippen LogP) is 2.13. The van der Waals surface area contributed by atoms with E-state index in [9.17, 15) is 52.6 Å². The number of carboxylic acid groups (broad SMARTS) is 1. The summed E-state index contributed by atoms with van der Waals surface area (Å²) in [6.07, 6.45) is -2.49. The lowest BCUT2D eigenvalue weighted by Gasteiger charge is -2.22. The largest absolute Gasteiger partial charge is 0.490 e. The number of hydrogen-bond donors (Lipinski definition) is 11. The summed E-state index contributed by atoms with van der Waals surface area (Å²) in [7, 11) is -20.2. The van der Waals surface area contributed by atoms with Crippen LogP contribution < -0.4 is 43.9 Å². The zero-order valence-electron chi connectivity index (χ0n) is 52.4. The van der Waals surface area contributed by atoms with E-state index in [1.165, 1.54) is 35.2 Å². The molecule has 3 aromatic rings. The Hall–Kier alpha value is -7.89. The molecule has 41 nitrogen and oxygen atoms in total. The highest BCUT2D eigenvalue weighted by Crippen LogP contribution is 2.66. The van der Waals surface area contributed by atoms with E-state index in [1.54, 1.807) is 47.2 Å². The summed E-state index contributed by atoms with van der Waals surface area (Å²) in [5, 5.41) is 28.3. The highest BCUT2D eigenvalue weighted by molar-refractivity contribution is 8.77. The van der Waals surface area contributed by atoms with E-state index in [1.807, 2.05) is 13.8 Å². The zero-order valence-corrected chi connectivity index (χ0v) is 58.4. The molecule has 548 valence electrons. The summed E-state index contributed by atoms with van der Waals surface area (Å²) in [4.78, 5) is 106. The number of fused-ring (bicyclic) bond motifs is 2. The predicted molar refractivity (Wildman–Crippen MR) is 348 cm³/mol. The van der Waals surface area contributed by atoms with E-state index < -0.39 is 106 Å². The van der Waals surface area contributed by atoms with Gasteiger partial charge in [0.05, 0.1) is 76.1 Å². The van der Waals surface area contributed by atoms with E-state index in [0.29, 0.717) is 76.3 Å². The summed E-state index contributed by atoms with van der Waals surface area (Å²) >= 11 is 0. The number of hydrogen-bond acceptors (Lipinski definition) is 31. The van der Waals surface area contributed by atoms with Crippen molar-refractivity contribution in [1.82, 2.24) is 25.5 Å². The number of aromatic carboxylic acids is 1. The number of anilines is 2. The second kappa shape index (κ2) is 41.8. The number of nitrogens with one attached hydrogen (secondary N) is 3. The molecule has 14 N–H and O–H groups in total. The first-order valence-corrected chi connectivity index (χ1v) is 37.3. The first kappa shape index (κ1) is 84.5. The summed E-state index contributed by atoms with van der Waals surface area (Å²) in [5.74, 6) is 4.19. The van der Waals surface area contributed by atoms with E-state index in [2.05, 4.69) is 55.9 Å². The van der Waals surface area contributed by atoms with E-state index in [-0.39, 0.29) is 93.0 Å². The molecule has 0 spiro atoms. The number of amides is 3. The van der Waals surface area contributed by atoms with Gasteiger partial charge in [0.2, 0.25) is 0 Å². The number of alkyl carbamates (subject to hydrolysis) is 2. The van der Waals surface area contributed by atoms with Crippen molar-refractivity contribution in [3.63, 3.8) is 0 Å². The lowest BCUT2D eigenvalue weighted by Crippen LogP contribution is -2.44. The molecule has 3 aliphatic rings. The third-order valence-electron chi connectivity index (χ3n) is 12.5. The van der Waals surface area contributed by atoms with Crippen LogP contribution in [0.4, 0.5) is 21.1 Å². The molecule has 1 aromatic heterocycles. The first-order chi connectivity index (χ1) is 47.1. The van der Waals surface area contributed by atoms with Crippen LogP contribution in [-0.4, -0.2) is 186 Å². The molecule has 1 fully saturated rings. The van der Waals surface area contributed by atoms with Crippen molar-refractivity contribution in [2.45, 2.75) is 62.7 Å². The van der Waals surface area contributed by atoms with E-state index in [0.717, 1.165) is 4.57 Å². The Kier molecular flexibility index (Phi) is 35.3. The highest BCUT2D eigenvalue weighted by Gasteiger charge is 2.44. The van der Waals surface area contributed by atoms with Crippen LogP contribution in [0.1, 0.15) is 72.0 Å². The molecule has 1 saturated heterocycles.